The molecule has 0 atom stereocenters. The van der Waals surface area contributed by atoms with Gasteiger partial charge >= 0.3 is 0 Å². The van der Waals surface area contributed by atoms with Crippen molar-refractivity contribution in [1.82, 2.24) is 0 Å². The molecule has 2 aromatic carbocycles. The van der Waals surface area contributed by atoms with Gasteiger partial charge in [-0.1, -0.05) is 45.7 Å². The van der Waals surface area contributed by atoms with Crippen LogP contribution in [-0.2, 0) is 0 Å². The van der Waals surface area contributed by atoms with Gasteiger partial charge in [-0.3, -0.25) is 0 Å². The van der Waals surface area contributed by atoms with Crippen LogP contribution < -0.4 is 4.74 Å². The van der Waals surface area contributed by atoms with Crippen LogP contribution in [0.3, 0.4) is 0 Å². The Balaban J connectivity index is 1.91. The summed E-state index contributed by atoms with van der Waals surface area (Å²) >= 11 is 9.73. The van der Waals surface area contributed by atoms with Crippen LogP contribution >= 0.6 is 27.5 Å². The minimum absolute atomic E-state index is 0.374. The molecule has 0 unspecified atom stereocenters. The summed E-state index contributed by atoms with van der Waals surface area (Å²) in [4.78, 5) is 0. The van der Waals surface area contributed by atoms with E-state index in [1.54, 1.807) is 0 Å². The molecule has 3 heteroatoms. The maximum absolute atomic E-state index is 6.25. The number of ether oxygens (including phenoxy) is 1. The minimum Gasteiger partial charge on any atom is -0.489 e. The lowest BCUT2D eigenvalue weighted by Gasteiger charge is -2.09. The van der Waals surface area contributed by atoms with E-state index in [-0.39, 0.29) is 0 Å². The topological polar surface area (TPSA) is 9.23 Å². The highest BCUT2D eigenvalue weighted by Crippen LogP contribution is 2.35. The lowest BCUT2D eigenvalue weighted by atomic mass is 10.1. The summed E-state index contributed by atoms with van der Waals surface area (Å²) in [6, 6.07) is 14.1. The summed E-state index contributed by atoms with van der Waals surface area (Å²) in [6.45, 7) is 0. The van der Waals surface area contributed by atoms with Crippen LogP contribution in [0.4, 0.5) is 0 Å². The molecule has 1 fully saturated rings. The van der Waals surface area contributed by atoms with Crippen molar-refractivity contribution in [2.45, 2.75) is 18.9 Å². The third kappa shape index (κ3) is 2.70. The summed E-state index contributed by atoms with van der Waals surface area (Å²) in [5.74, 6) is 0.790. The fraction of sp³-hybridized carbons (Fsp3) is 0.200. The Bertz CT molecular complexity index is 578. The van der Waals surface area contributed by atoms with Crippen molar-refractivity contribution < 1.29 is 4.74 Å². The molecular weight excluding hydrogens is 312 g/mol. The fourth-order valence-corrected chi connectivity index (χ4v) is 2.43. The molecule has 0 N–H and O–H groups in total. The standard InChI is InChI=1S/C15H12BrClO/c16-12-3-1-2-10(8-12)11-4-7-15(14(17)9-11)18-13-5-6-13/h1-4,7-9,13H,5-6H2. The van der Waals surface area contributed by atoms with Gasteiger partial charge in [0, 0.05) is 4.47 Å². The number of rotatable bonds is 3. The SMILES string of the molecule is Clc1cc(-c2cccc(Br)c2)ccc1OC1CC1. The molecule has 18 heavy (non-hydrogen) atoms. The van der Waals surface area contributed by atoms with Gasteiger partial charge < -0.3 is 4.74 Å². The second-order valence-corrected chi connectivity index (χ2v) is 5.80. The van der Waals surface area contributed by atoms with Crippen LogP contribution in [0.2, 0.25) is 5.02 Å². The zero-order valence-electron chi connectivity index (χ0n) is 9.70. The van der Waals surface area contributed by atoms with Crippen LogP contribution in [0.15, 0.2) is 46.9 Å². The molecular formula is C15H12BrClO. The van der Waals surface area contributed by atoms with Crippen LogP contribution in [-0.4, -0.2) is 6.10 Å². The Morgan fingerprint density at radius 3 is 2.50 bits per heavy atom. The number of halogens is 2. The normalized spacial score (nSPS) is 14.6. The zero-order chi connectivity index (χ0) is 12.5. The Morgan fingerprint density at radius 1 is 1.06 bits per heavy atom. The van der Waals surface area contributed by atoms with E-state index in [4.69, 9.17) is 16.3 Å². The molecule has 0 amide bonds. The van der Waals surface area contributed by atoms with Gasteiger partial charge in [0.1, 0.15) is 5.75 Å². The molecule has 1 saturated carbocycles. The Morgan fingerprint density at radius 2 is 1.83 bits per heavy atom. The summed E-state index contributed by atoms with van der Waals surface area (Å²) in [5, 5.41) is 0.680. The fourth-order valence-electron chi connectivity index (χ4n) is 1.81. The Labute approximate surface area is 120 Å². The summed E-state index contributed by atoms with van der Waals surface area (Å²) < 4.78 is 6.79. The molecule has 0 saturated heterocycles. The van der Waals surface area contributed by atoms with Crippen molar-refractivity contribution in [1.29, 1.82) is 0 Å². The molecule has 0 aliphatic heterocycles. The molecule has 0 aromatic heterocycles. The molecule has 0 radical (unpaired) electrons. The van der Waals surface area contributed by atoms with E-state index in [1.165, 1.54) is 0 Å². The Hall–Kier alpha value is -0.990. The van der Waals surface area contributed by atoms with E-state index < -0.39 is 0 Å². The van der Waals surface area contributed by atoms with Gasteiger partial charge in [-0.25, -0.2) is 0 Å². The van der Waals surface area contributed by atoms with Crippen molar-refractivity contribution in [2.24, 2.45) is 0 Å². The van der Waals surface area contributed by atoms with Gasteiger partial charge in [-0.2, -0.15) is 0 Å². The highest BCUT2D eigenvalue weighted by Gasteiger charge is 2.24. The third-order valence-electron chi connectivity index (χ3n) is 2.91. The first-order valence-electron chi connectivity index (χ1n) is 5.94. The van der Waals surface area contributed by atoms with Gasteiger partial charge in [-0.15, -0.1) is 0 Å². The van der Waals surface area contributed by atoms with Crippen molar-refractivity contribution >= 4 is 27.5 Å². The monoisotopic (exact) mass is 322 g/mol. The molecule has 1 nitrogen and oxygen atoms in total. The molecule has 0 spiro atoms. The van der Waals surface area contributed by atoms with Gasteiger partial charge in [0.25, 0.3) is 0 Å². The first-order valence-corrected chi connectivity index (χ1v) is 7.11. The summed E-state index contributed by atoms with van der Waals surface area (Å²) in [5.41, 5.74) is 2.24. The second-order valence-electron chi connectivity index (χ2n) is 4.47. The van der Waals surface area contributed by atoms with Crippen LogP contribution in [0, 0.1) is 0 Å². The first-order chi connectivity index (χ1) is 8.72. The first kappa shape index (κ1) is 12.1. The van der Waals surface area contributed by atoms with Gasteiger partial charge in [0.05, 0.1) is 11.1 Å². The number of hydrogen-bond donors (Lipinski definition) is 0. The van der Waals surface area contributed by atoms with Crippen molar-refractivity contribution in [3.05, 3.63) is 52.0 Å². The van der Waals surface area contributed by atoms with Gasteiger partial charge in [0.2, 0.25) is 0 Å². The maximum atomic E-state index is 6.25. The highest BCUT2D eigenvalue weighted by atomic mass is 79.9. The molecule has 1 aliphatic carbocycles. The lowest BCUT2D eigenvalue weighted by molar-refractivity contribution is 0.303. The largest absolute Gasteiger partial charge is 0.489 e. The lowest BCUT2D eigenvalue weighted by Crippen LogP contribution is -1.96. The van der Waals surface area contributed by atoms with Crippen LogP contribution in [0.1, 0.15) is 12.8 Å². The van der Waals surface area contributed by atoms with Crippen LogP contribution in [0.25, 0.3) is 11.1 Å². The van der Waals surface area contributed by atoms with E-state index in [1.807, 2.05) is 30.3 Å². The van der Waals surface area contributed by atoms with Crippen molar-refractivity contribution in [2.75, 3.05) is 0 Å². The predicted octanol–water partition coefficient (Wildman–Crippen LogP) is 5.31. The summed E-state index contributed by atoms with van der Waals surface area (Å²) in [7, 11) is 0. The van der Waals surface area contributed by atoms with E-state index in [2.05, 4.69) is 28.1 Å². The van der Waals surface area contributed by atoms with Crippen molar-refractivity contribution in [3.63, 3.8) is 0 Å². The Kier molecular flexibility index (Phi) is 3.31. The smallest absolute Gasteiger partial charge is 0.138 e. The third-order valence-corrected chi connectivity index (χ3v) is 3.70. The predicted molar refractivity (Wildman–Crippen MR) is 78.2 cm³/mol. The van der Waals surface area contributed by atoms with E-state index >= 15 is 0 Å². The quantitative estimate of drug-likeness (QED) is 0.743. The highest BCUT2D eigenvalue weighted by molar-refractivity contribution is 9.10. The second kappa shape index (κ2) is 4.94. The van der Waals surface area contributed by atoms with Gasteiger partial charge in [0.15, 0.2) is 0 Å². The van der Waals surface area contributed by atoms with E-state index in [9.17, 15) is 0 Å². The molecule has 0 heterocycles. The molecule has 0 bridgehead atoms. The molecule has 1 aliphatic rings. The number of hydrogen-bond acceptors (Lipinski definition) is 1. The average Bonchev–Trinajstić information content (AvgIpc) is 3.16. The maximum Gasteiger partial charge on any atom is 0.138 e. The van der Waals surface area contributed by atoms with E-state index in [0.29, 0.717) is 11.1 Å². The average molecular weight is 324 g/mol. The number of benzene rings is 2. The zero-order valence-corrected chi connectivity index (χ0v) is 12.0. The summed E-state index contributed by atoms with van der Waals surface area (Å²) in [6.07, 6.45) is 2.66. The molecule has 92 valence electrons. The van der Waals surface area contributed by atoms with Crippen molar-refractivity contribution in [3.8, 4) is 16.9 Å². The molecule has 2 aromatic rings. The van der Waals surface area contributed by atoms with E-state index in [0.717, 1.165) is 34.2 Å². The molecule has 3 rings (SSSR count). The van der Waals surface area contributed by atoms with Crippen LogP contribution in [0.5, 0.6) is 5.75 Å². The minimum atomic E-state index is 0.374. The van der Waals surface area contributed by atoms with Gasteiger partial charge in [-0.05, 0) is 48.2 Å².